The molecular formula is C21H26N4O4. The van der Waals surface area contributed by atoms with Crippen molar-refractivity contribution in [1.29, 1.82) is 0 Å². The Morgan fingerprint density at radius 2 is 1.62 bits per heavy atom. The van der Waals surface area contributed by atoms with Gasteiger partial charge in [0.15, 0.2) is 0 Å². The first-order chi connectivity index (χ1) is 14.0. The van der Waals surface area contributed by atoms with Crippen LogP contribution in [0.4, 0.5) is 0 Å². The van der Waals surface area contributed by atoms with Crippen molar-refractivity contribution in [2.24, 2.45) is 0 Å². The van der Waals surface area contributed by atoms with Crippen LogP contribution in [-0.2, 0) is 9.53 Å². The second-order valence-electron chi connectivity index (χ2n) is 6.85. The lowest BCUT2D eigenvalue weighted by Crippen LogP contribution is -2.50. The third-order valence-electron chi connectivity index (χ3n) is 5.09. The fourth-order valence-corrected chi connectivity index (χ4v) is 3.39. The van der Waals surface area contributed by atoms with E-state index in [1.54, 1.807) is 52.6 Å². The van der Waals surface area contributed by atoms with Crippen molar-refractivity contribution in [2.45, 2.75) is 27.2 Å². The fourth-order valence-electron chi connectivity index (χ4n) is 3.39. The number of hydrogen-bond donors (Lipinski definition) is 0. The van der Waals surface area contributed by atoms with Crippen molar-refractivity contribution in [2.75, 3.05) is 32.8 Å². The number of nitrogens with zero attached hydrogens (tertiary/aromatic N) is 4. The molecule has 0 atom stereocenters. The Kier molecular flexibility index (Phi) is 6.31. The summed E-state index contributed by atoms with van der Waals surface area (Å²) in [6.07, 6.45) is 1.98. The van der Waals surface area contributed by atoms with E-state index in [9.17, 15) is 14.4 Å². The van der Waals surface area contributed by atoms with Crippen molar-refractivity contribution in [3.8, 4) is 5.69 Å². The Morgan fingerprint density at radius 3 is 2.21 bits per heavy atom. The molecule has 0 saturated carbocycles. The van der Waals surface area contributed by atoms with E-state index in [0.29, 0.717) is 56.0 Å². The average Bonchev–Trinajstić information content (AvgIpc) is 3.14. The van der Waals surface area contributed by atoms with Gasteiger partial charge in [-0.15, -0.1) is 0 Å². The highest BCUT2D eigenvalue weighted by atomic mass is 16.5. The van der Waals surface area contributed by atoms with E-state index in [-0.39, 0.29) is 11.8 Å². The third-order valence-corrected chi connectivity index (χ3v) is 5.09. The molecule has 2 amide bonds. The molecule has 0 N–H and O–H groups in total. The molecule has 8 nitrogen and oxygen atoms in total. The maximum atomic E-state index is 12.8. The third kappa shape index (κ3) is 4.31. The summed E-state index contributed by atoms with van der Waals surface area (Å²) in [6.45, 7) is 7.92. The first-order valence-corrected chi connectivity index (χ1v) is 9.85. The summed E-state index contributed by atoms with van der Waals surface area (Å²) in [5, 5.41) is 4.27. The van der Waals surface area contributed by atoms with E-state index < -0.39 is 5.97 Å². The predicted octanol–water partition coefficient (Wildman–Crippen LogP) is 2.05. The van der Waals surface area contributed by atoms with E-state index >= 15 is 0 Å². The first kappa shape index (κ1) is 20.6. The molecular weight excluding hydrogens is 372 g/mol. The SMILES string of the molecule is CCOC(=O)c1cnn(-c2ccc(C(=O)N3CCN(C(=O)CC)CC3)cc2)c1C. The molecule has 8 heteroatoms. The number of ether oxygens (including phenoxy) is 1. The maximum Gasteiger partial charge on any atom is 0.341 e. The lowest BCUT2D eigenvalue weighted by atomic mass is 10.1. The number of piperazine rings is 1. The zero-order valence-corrected chi connectivity index (χ0v) is 17.1. The first-order valence-electron chi connectivity index (χ1n) is 9.85. The van der Waals surface area contributed by atoms with E-state index in [1.165, 1.54) is 6.20 Å². The van der Waals surface area contributed by atoms with E-state index in [4.69, 9.17) is 4.74 Å². The molecule has 3 rings (SSSR count). The smallest absolute Gasteiger partial charge is 0.341 e. The Balaban J connectivity index is 1.69. The number of carbonyl (C=O) groups excluding carboxylic acids is 3. The van der Waals surface area contributed by atoms with Gasteiger partial charge in [0.2, 0.25) is 5.91 Å². The highest BCUT2D eigenvalue weighted by Gasteiger charge is 2.24. The summed E-state index contributed by atoms with van der Waals surface area (Å²) in [5.74, 6) is -0.327. The summed E-state index contributed by atoms with van der Waals surface area (Å²) in [4.78, 5) is 40.1. The van der Waals surface area contributed by atoms with Gasteiger partial charge >= 0.3 is 5.97 Å². The minimum atomic E-state index is -0.399. The zero-order chi connectivity index (χ0) is 21.0. The van der Waals surface area contributed by atoms with Gasteiger partial charge in [-0.3, -0.25) is 9.59 Å². The molecule has 1 saturated heterocycles. The maximum absolute atomic E-state index is 12.8. The molecule has 29 heavy (non-hydrogen) atoms. The van der Waals surface area contributed by atoms with Crippen LogP contribution < -0.4 is 0 Å². The van der Waals surface area contributed by atoms with Crippen molar-refractivity contribution in [1.82, 2.24) is 19.6 Å². The predicted molar refractivity (Wildman–Crippen MR) is 107 cm³/mol. The van der Waals surface area contributed by atoms with Crippen LogP contribution >= 0.6 is 0 Å². The summed E-state index contributed by atoms with van der Waals surface area (Å²) in [7, 11) is 0. The molecule has 1 aliphatic heterocycles. The highest BCUT2D eigenvalue weighted by Crippen LogP contribution is 2.17. The van der Waals surface area contributed by atoms with Crippen molar-refractivity contribution in [3.63, 3.8) is 0 Å². The Bertz CT molecular complexity index is 896. The van der Waals surface area contributed by atoms with Gasteiger partial charge < -0.3 is 14.5 Å². The van der Waals surface area contributed by atoms with Crippen LogP contribution in [0.25, 0.3) is 5.69 Å². The molecule has 1 fully saturated rings. The minimum absolute atomic E-state index is 0.0513. The van der Waals surface area contributed by atoms with Crippen LogP contribution in [0.3, 0.4) is 0 Å². The molecule has 0 unspecified atom stereocenters. The second-order valence-corrected chi connectivity index (χ2v) is 6.85. The summed E-state index contributed by atoms with van der Waals surface area (Å²) in [5.41, 5.74) is 2.44. The Morgan fingerprint density at radius 1 is 1.00 bits per heavy atom. The number of aromatic nitrogens is 2. The fraction of sp³-hybridized carbons (Fsp3) is 0.429. The molecule has 1 aromatic carbocycles. The number of carbonyl (C=O) groups is 3. The molecule has 1 aliphatic rings. The van der Waals surface area contributed by atoms with Crippen molar-refractivity contribution in [3.05, 3.63) is 47.3 Å². The van der Waals surface area contributed by atoms with E-state index in [2.05, 4.69) is 5.10 Å². The molecule has 0 radical (unpaired) electrons. The number of amides is 2. The van der Waals surface area contributed by atoms with Crippen LogP contribution in [0.1, 0.15) is 46.7 Å². The van der Waals surface area contributed by atoms with Gasteiger partial charge in [-0.25, -0.2) is 9.48 Å². The summed E-state index contributed by atoms with van der Waals surface area (Å²) < 4.78 is 6.69. The molecule has 154 valence electrons. The molecule has 0 bridgehead atoms. The van der Waals surface area contributed by atoms with Gasteiger partial charge in [0, 0.05) is 38.2 Å². The monoisotopic (exact) mass is 398 g/mol. The van der Waals surface area contributed by atoms with E-state index in [0.717, 1.165) is 5.69 Å². The van der Waals surface area contributed by atoms with Crippen LogP contribution in [0.15, 0.2) is 30.5 Å². The number of benzene rings is 1. The standard InChI is InChI=1S/C21H26N4O4/c1-4-19(26)23-10-12-24(13-11-23)20(27)16-6-8-17(9-7-16)25-15(3)18(14-22-25)21(28)29-5-2/h6-9,14H,4-5,10-13H2,1-3H3. The van der Waals surface area contributed by atoms with Gasteiger partial charge in [0.05, 0.1) is 24.2 Å². The summed E-state index contributed by atoms with van der Waals surface area (Å²) >= 11 is 0. The van der Waals surface area contributed by atoms with Gasteiger partial charge in [-0.2, -0.15) is 5.10 Å². The van der Waals surface area contributed by atoms with Crippen molar-refractivity contribution >= 4 is 17.8 Å². The van der Waals surface area contributed by atoms with Crippen molar-refractivity contribution < 1.29 is 19.1 Å². The Labute approximate surface area is 170 Å². The van der Waals surface area contributed by atoms with E-state index in [1.807, 2.05) is 6.92 Å². The molecule has 1 aromatic heterocycles. The van der Waals surface area contributed by atoms with Crippen LogP contribution in [-0.4, -0.2) is 70.1 Å². The average molecular weight is 398 g/mol. The second kappa shape index (κ2) is 8.89. The number of esters is 1. The molecule has 0 spiro atoms. The number of hydrogen-bond acceptors (Lipinski definition) is 5. The highest BCUT2D eigenvalue weighted by molar-refractivity contribution is 5.94. The largest absolute Gasteiger partial charge is 0.462 e. The summed E-state index contributed by atoms with van der Waals surface area (Å²) in [6, 6.07) is 7.12. The molecule has 2 heterocycles. The van der Waals surface area contributed by atoms with Gasteiger partial charge in [0.25, 0.3) is 5.91 Å². The lowest BCUT2D eigenvalue weighted by molar-refractivity contribution is -0.132. The molecule has 0 aliphatic carbocycles. The van der Waals surface area contributed by atoms with Crippen LogP contribution in [0.2, 0.25) is 0 Å². The normalized spacial score (nSPS) is 14.0. The minimum Gasteiger partial charge on any atom is -0.462 e. The van der Waals surface area contributed by atoms with Gasteiger partial charge in [-0.1, -0.05) is 6.92 Å². The van der Waals surface area contributed by atoms with Gasteiger partial charge in [0.1, 0.15) is 5.56 Å². The molecule has 2 aromatic rings. The van der Waals surface area contributed by atoms with Gasteiger partial charge in [-0.05, 0) is 38.1 Å². The Hall–Kier alpha value is -3.16. The van der Waals surface area contributed by atoms with Crippen LogP contribution in [0.5, 0.6) is 0 Å². The van der Waals surface area contributed by atoms with Crippen LogP contribution in [0, 0.1) is 6.92 Å². The topological polar surface area (TPSA) is 84.7 Å². The lowest BCUT2D eigenvalue weighted by Gasteiger charge is -2.34. The zero-order valence-electron chi connectivity index (χ0n) is 17.1. The number of rotatable bonds is 5. The quantitative estimate of drug-likeness (QED) is 0.720.